The summed E-state index contributed by atoms with van der Waals surface area (Å²) in [6, 6.07) is 2.02. The molecule has 0 aliphatic carbocycles. The molecular weight excluding hydrogens is 294 g/mol. The van der Waals surface area contributed by atoms with Gasteiger partial charge in [0.2, 0.25) is 5.43 Å². The highest BCUT2D eigenvalue weighted by molar-refractivity contribution is 5.41. The van der Waals surface area contributed by atoms with Crippen molar-refractivity contribution in [2.45, 2.75) is 32.6 Å². The predicted molar refractivity (Wildman–Crippen MR) is 77.4 cm³/mol. The maximum absolute atomic E-state index is 13.3. The quantitative estimate of drug-likeness (QED) is 0.862. The smallest absolute Gasteiger partial charge is 0.268 e. The van der Waals surface area contributed by atoms with Crippen LogP contribution in [0.4, 0.5) is 8.78 Å². The second-order valence-corrected chi connectivity index (χ2v) is 5.60. The summed E-state index contributed by atoms with van der Waals surface area (Å²) in [5.41, 5.74) is -0.573. The summed E-state index contributed by atoms with van der Waals surface area (Å²) in [5.74, 6) is -3.65. The highest BCUT2D eigenvalue weighted by Gasteiger charge is 2.25. The number of aromatic hydroxyl groups is 1. The standard InChI is InChI=1S/C16H16F2O4/c1-7(2)12-14(20)15(21)16(12)22-6-8(3)9-4-10(17)13(19)11(18)5-9/h4-5,7-8,19H,6H2,1-3H3. The van der Waals surface area contributed by atoms with E-state index in [9.17, 15) is 18.4 Å². The van der Waals surface area contributed by atoms with Crippen LogP contribution in [0.25, 0.3) is 0 Å². The van der Waals surface area contributed by atoms with Crippen molar-refractivity contribution in [3.63, 3.8) is 0 Å². The first-order valence-corrected chi connectivity index (χ1v) is 6.87. The molecule has 0 aliphatic rings. The molecule has 0 bridgehead atoms. The molecule has 0 saturated heterocycles. The molecule has 2 rings (SSSR count). The first kappa shape index (κ1) is 16.1. The Morgan fingerprint density at radius 1 is 1.09 bits per heavy atom. The Labute approximate surface area is 125 Å². The van der Waals surface area contributed by atoms with Crippen molar-refractivity contribution in [1.82, 2.24) is 0 Å². The molecule has 0 heterocycles. The zero-order valence-corrected chi connectivity index (χ0v) is 12.4. The zero-order chi connectivity index (χ0) is 16.6. The average Bonchev–Trinajstić information content (AvgIpc) is 2.46. The molecule has 1 atom stereocenters. The van der Waals surface area contributed by atoms with E-state index in [0.29, 0.717) is 5.56 Å². The van der Waals surface area contributed by atoms with Crippen molar-refractivity contribution in [3.8, 4) is 11.5 Å². The highest BCUT2D eigenvalue weighted by Crippen LogP contribution is 2.27. The third-order valence-corrected chi connectivity index (χ3v) is 3.56. The Morgan fingerprint density at radius 3 is 2.14 bits per heavy atom. The van der Waals surface area contributed by atoms with Gasteiger partial charge in [-0.05, 0) is 23.6 Å². The number of rotatable bonds is 5. The van der Waals surface area contributed by atoms with Gasteiger partial charge in [0.15, 0.2) is 23.1 Å². The minimum Gasteiger partial charge on any atom is -0.503 e. The normalized spacial score (nSPS) is 12.8. The summed E-state index contributed by atoms with van der Waals surface area (Å²) in [6.07, 6.45) is 0. The summed E-state index contributed by atoms with van der Waals surface area (Å²) in [6.45, 7) is 5.20. The van der Waals surface area contributed by atoms with Gasteiger partial charge in [-0.2, -0.15) is 0 Å². The summed E-state index contributed by atoms with van der Waals surface area (Å²) < 4.78 is 32.0. The van der Waals surface area contributed by atoms with E-state index in [1.54, 1.807) is 20.8 Å². The van der Waals surface area contributed by atoms with E-state index < -0.39 is 34.2 Å². The molecule has 2 aromatic rings. The fourth-order valence-electron chi connectivity index (χ4n) is 2.23. The number of benzene rings is 1. The highest BCUT2D eigenvalue weighted by atomic mass is 19.1. The van der Waals surface area contributed by atoms with Crippen LogP contribution in [0.3, 0.4) is 0 Å². The Balaban J connectivity index is 2.15. The van der Waals surface area contributed by atoms with Gasteiger partial charge in [-0.15, -0.1) is 0 Å². The maximum atomic E-state index is 13.3. The minimum absolute atomic E-state index is 0.00573. The molecule has 2 aromatic carbocycles. The van der Waals surface area contributed by atoms with E-state index in [2.05, 4.69) is 0 Å². The van der Waals surface area contributed by atoms with E-state index in [1.807, 2.05) is 0 Å². The molecule has 1 N–H and O–H groups in total. The molecule has 1 unspecified atom stereocenters. The van der Waals surface area contributed by atoms with Crippen LogP contribution in [0, 0.1) is 11.6 Å². The van der Waals surface area contributed by atoms with Crippen molar-refractivity contribution in [1.29, 1.82) is 0 Å². The second-order valence-electron chi connectivity index (χ2n) is 5.60. The molecular formula is C16H16F2O4. The molecule has 118 valence electrons. The molecule has 22 heavy (non-hydrogen) atoms. The van der Waals surface area contributed by atoms with Crippen LogP contribution in [-0.4, -0.2) is 11.7 Å². The van der Waals surface area contributed by atoms with Crippen molar-refractivity contribution < 1.29 is 18.6 Å². The van der Waals surface area contributed by atoms with Crippen LogP contribution < -0.4 is 15.6 Å². The van der Waals surface area contributed by atoms with Crippen molar-refractivity contribution in [2.75, 3.05) is 6.61 Å². The maximum Gasteiger partial charge on any atom is 0.268 e. The number of hydrogen-bond acceptors (Lipinski definition) is 4. The van der Waals surface area contributed by atoms with Gasteiger partial charge < -0.3 is 9.84 Å². The Hall–Kier alpha value is -2.24. The fraction of sp³-hybridized carbons (Fsp3) is 0.375. The summed E-state index contributed by atoms with van der Waals surface area (Å²) in [4.78, 5) is 22.9. The number of hydrogen-bond donors (Lipinski definition) is 1. The van der Waals surface area contributed by atoms with Gasteiger partial charge in [-0.1, -0.05) is 20.8 Å². The lowest BCUT2D eigenvalue weighted by Crippen LogP contribution is -2.38. The molecule has 0 aliphatic heterocycles. The average molecular weight is 310 g/mol. The number of ether oxygens (including phenoxy) is 1. The van der Waals surface area contributed by atoms with Gasteiger partial charge >= 0.3 is 0 Å². The van der Waals surface area contributed by atoms with Gasteiger partial charge in [0.25, 0.3) is 5.43 Å². The molecule has 0 saturated carbocycles. The summed E-state index contributed by atoms with van der Waals surface area (Å²) in [5, 5.41) is 9.07. The van der Waals surface area contributed by atoms with E-state index in [4.69, 9.17) is 9.84 Å². The third-order valence-electron chi connectivity index (χ3n) is 3.56. The third kappa shape index (κ3) is 2.73. The van der Waals surface area contributed by atoms with Crippen LogP contribution >= 0.6 is 0 Å². The molecule has 0 amide bonds. The van der Waals surface area contributed by atoms with E-state index in [1.165, 1.54) is 0 Å². The second kappa shape index (κ2) is 5.87. The first-order chi connectivity index (χ1) is 10.2. The van der Waals surface area contributed by atoms with E-state index in [0.717, 1.165) is 12.1 Å². The van der Waals surface area contributed by atoms with E-state index in [-0.39, 0.29) is 23.8 Å². The van der Waals surface area contributed by atoms with Crippen molar-refractivity contribution in [2.24, 2.45) is 0 Å². The number of halogens is 2. The first-order valence-electron chi connectivity index (χ1n) is 6.87. The summed E-state index contributed by atoms with van der Waals surface area (Å²) >= 11 is 0. The molecule has 4 nitrogen and oxygen atoms in total. The monoisotopic (exact) mass is 310 g/mol. The van der Waals surface area contributed by atoms with Gasteiger partial charge in [-0.25, -0.2) is 8.78 Å². The van der Waals surface area contributed by atoms with Crippen molar-refractivity contribution >= 4 is 0 Å². The molecule has 0 fully saturated rings. The molecule has 6 heteroatoms. The van der Waals surface area contributed by atoms with Gasteiger partial charge in [0.05, 0.1) is 12.2 Å². The lowest BCUT2D eigenvalue weighted by molar-refractivity contribution is 0.284. The lowest BCUT2D eigenvalue weighted by Gasteiger charge is -2.18. The number of phenols is 1. The Morgan fingerprint density at radius 2 is 1.64 bits per heavy atom. The predicted octanol–water partition coefficient (Wildman–Crippen LogP) is 2.57. The SMILES string of the molecule is CC(C)c1c(OCC(C)c2cc(F)c(O)c(F)c2)c(=O)c1=O. The summed E-state index contributed by atoms with van der Waals surface area (Å²) in [7, 11) is 0. The molecule has 0 radical (unpaired) electrons. The topological polar surface area (TPSA) is 63.6 Å². The lowest BCUT2D eigenvalue weighted by atomic mass is 9.97. The van der Waals surface area contributed by atoms with Crippen LogP contribution in [0.5, 0.6) is 11.5 Å². The zero-order valence-electron chi connectivity index (χ0n) is 12.4. The van der Waals surface area contributed by atoms with Gasteiger partial charge in [0, 0.05) is 5.92 Å². The van der Waals surface area contributed by atoms with Crippen LogP contribution in [0.2, 0.25) is 0 Å². The van der Waals surface area contributed by atoms with Crippen LogP contribution in [0.15, 0.2) is 21.7 Å². The fourth-order valence-corrected chi connectivity index (χ4v) is 2.23. The van der Waals surface area contributed by atoms with Crippen molar-refractivity contribution in [3.05, 3.63) is 55.3 Å². The number of phenolic OH excluding ortho intramolecular Hbond substituents is 1. The van der Waals surface area contributed by atoms with Gasteiger partial charge in [0.1, 0.15) is 0 Å². The largest absolute Gasteiger partial charge is 0.503 e. The van der Waals surface area contributed by atoms with Crippen LogP contribution in [-0.2, 0) is 0 Å². The minimum atomic E-state index is -1.06. The Kier molecular flexibility index (Phi) is 4.30. The molecule has 0 aromatic heterocycles. The Bertz CT molecular complexity index is 750. The molecule has 0 spiro atoms. The van der Waals surface area contributed by atoms with Crippen LogP contribution in [0.1, 0.15) is 43.7 Å². The van der Waals surface area contributed by atoms with E-state index >= 15 is 0 Å². The van der Waals surface area contributed by atoms with Gasteiger partial charge in [-0.3, -0.25) is 9.59 Å².